The maximum Gasteiger partial charge on any atom is 0.161 e. The summed E-state index contributed by atoms with van der Waals surface area (Å²) in [6, 6.07) is 6.16. The Kier molecular flexibility index (Phi) is 5.44. The summed E-state index contributed by atoms with van der Waals surface area (Å²) in [5.74, 6) is 1.61. The van der Waals surface area contributed by atoms with Gasteiger partial charge in [-0.2, -0.15) is 0 Å². The topological polar surface area (TPSA) is 47.7 Å². The van der Waals surface area contributed by atoms with Crippen LogP contribution in [0.4, 0.5) is 0 Å². The van der Waals surface area contributed by atoms with Crippen molar-refractivity contribution < 1.29 is 9.47 Å². The van der Waals surface area contributed by atoms with Gasteiger partial charge in [-0.15, -0.1) is 0 Å². The number of nitrogens with zero attached hydrogens (tertiary/aromatic N) is 1. The second kappa shape index (κ2) is 7.31. The van der Waals surface area contributed by atoms with E-state index in [1.54, 1.807) is 7.11 Å². The van der Waals surface area contributed by atoms with Crippen LogP contribution in [-0.4, -0.2) is 44.8 Å². The monoisotopic (exact) mass is 276 g/mol. The molecule has 0 fully saturated rings. The first-order valence-corrected chi connectivity index (χ1v) is 7.21. The molecular formula is C16H24N2O2. The van der Waals surface area contributed by atoms with E-state index in [1.165, 1.54) is 11.1 Å². The zero-order valence-electron chi connectivity index (χ0n) is 12.4. The van der Waals surface area contributed by atoms with Crippen molar-refractivity contribution >= 4 is 5.57 Å². The van der Waals surface area contributed by atoms with Crippen molar-refractivity contribution in [1.82, 2.24) is 4.90 Å². The summed E-state index contributed by atoms with van der Waals surface area (Å²) >= 11 is 0. The van der Waals surface area contributed by atoms with Crippen LogP contribution in [0.3, 0.4) is 0 Å². The van der Waals surface area contributed by atoms with Gasteiger partial charge in [0.05, 0.1) is 13.7 Å². The van der Waals surface area contributed by atoms with Crippen molar-refractivity contribution in [3.05, 3.63) is 29.8 Å². The molecule has 0 amide bonds. The number of rotatable bonds is 6. The Bertz CT molecular complexity index is 472. The van der Waals surface area contributed by atoms with E-state index in [0.717, 1.165) is 44.1 Å². The van der Waals surface area contributed by atoms with Gasteiger partial charge in [0.25, 0.3) is 0 Å². The molecule has 0 saturated heterocycles. The van der Waals surface area contributed by atoms with Gasteiger partial charge in [0.1, 0.15) is 0 Å². The maximum absolute atomic E-state index is 5.60. The van der Waals surface area contributed by atoms with Crippen molar-refractivity contribution in [2.75, 3.05) is 39.9 Å². The number of hydrogen-bond donors (Lipinski definition) is 1. The van der Waals surface area contributed by atoms with E-state index in [9.17, 15) is 0 Å². The Labute approximate surface area is 121 Å². The van der Waals surface area contributed by atoms with Gasteiger partial charge in [-0.25, -0.2) is 0 Å². The second-order valence-electron chi connectivity index (χ2n) is 4.87. The smallest absolute Gasteiger partial charge is 0.161 e. The van der Waals surface area contributed by atoms with E-state index in [4.69, 9.17) is 15.2 Å². The molecule has 2 N–H and O–H groups in total. The highest BCUT2D eigenvalue weighted by atomic mass is 16.5. The second-order valence-corrected chi connectivity index (χ2v) is 4.87. The van der Waals surface area contributed by atoms with E-state index in [-0.39, 0.29) is 0 Å². The highest BCUT2D eigenvalue weighted by Gasteiger charge is 2.14. The fourth-order valence-corrected chi connectivity index (χ4v) is 2.50. The molecule has 2 rings (SSSR count). The third kappa shape index (κ3) is 3.52. The highest BCUT2D eigenvalue weighted by molar-refractivity contribution is 5.69. The fraction of sp³-hybridized carbons (Fsp3) is 0.500. The molecule has 20 heavy (non-hydrogen) atoms. The zero-order valence-corrected chi connectivity index (χ0v) is 12.4. The molecule has 0 atom stereocenters. The van der Waals surface area contributed by atoms with Crippen LogP contribution in [0.2, 0.25) is 0 Å². The quantitative estimate of drug-likeness (QED) is 0.865. The molecule has 1 aliphatic rings. The van der Waals surface area contributed by atoms with E-state index in [0.29, 0.717) is 6.61 Å². The van der Waals surface area contributed by atoms with Gasteiger partial charge in [0.2, 0.25) is 0 Å². The Morgan fingerprint density at radius 1 is 1.30 bits per heavy atom. The Hall–Kier alpha value is -1.52. The van der Waals surface area contributed by atoms with E-state index in [1.807, 2.05) is 13.0 Å². The van der Waals surface area contributed by atoms with Gasteiger partial charge in [-0.1, -0.05) is 12.1 Å². The first-order chi connectivity index (χ1) is 9.78. The fourth-order valence-electron chi connectivity index (χ4n) is 2.50. The molecule has 0 aliphatic carbocycles. The minimum absolute atomic E-state index is 0.645. The van der Waals surface area contributed by atoms with Gasteiger partial charge in [-0.3, -0.25) is 4.90 Å². The molecular weight excluding hydrogens is 252 g/mol. The SMILES string of the molecule is CCOc1ccc(C2=CCN(CCN)CC2)cc1OC. The lowest BCUT2D eigenvalue weighted by Crippen LogP contribution is -2.33. The molecule has 1 heterocycles. The van der Waals surface area contributed by atoms with Crippen molar-refractivity contribution in [3.8, 4) is 11.5 Å². The highest BCUT2D eigenvalue weighted by Crippen LogP contribution is 2.32. The largest absolute Gasteiger partial charge is 0.493 e. The summed E-state index contributed by atoms with van der Waals surface area (Å²) in [4.78, 5) is 2.37. The molecule has 1 aromatic rings. The first-order valence-electron chi connectivity index (χ1n) is 7.21. The van der Waals surface area contributed by atoms with E-state index in [2.05, 4.69) is 23.1 Å². The molecule has 0 aromatic heterocycles. The van der Waals surface area contributed by atoms with Gasteiger partial charge >= 0.3 is 0 Å². The molecule has 0 unspecified atom stereocenters. The Balaban J connectivity index is 2.13. The van der Waals surface area contributed by atoms with Crippen LogP contribution < -0.4 is 15.2 Å². The lowest BCUT2D eigenvalue weighted by molar-refractivity contribution is 0.309. The third-order valence-electron chi connectivity index (χ3n) is 3.57. The van der Waals surface area contributed by atoms with Gasteiger partial charge in [-0.05, 0) is 36.6 Å². The van der Waals surface area contributed by atoms with Crippen molar-refractivity contribution in [3.63, 3.8) is 0 Å². The summed E-state index contributed by atoms with van der Waals surface area (Å²) in [6.07, 6.45) is 3.34. The number of hydrogen-bond acceptors (Lipinski definition) is 4. The van der Waals surface area contributed by atoms with Crippen molar-refractivity contribution in [2.45, 2.75) is 13.3 Å². The zero-order chi connectivity index (χ0) is 14.4. The lowest BCUT2D eigenvalue weighted by Gasteiger charge is -2.26. The van der Waals surface area contributed by atoms with Crippen LogP contribution >= 0.6 is 0 Å². The molecule has 1 aliphatic heterocycles. The third-order valence-corrected chi connectivity index (χ3v) is 3.57. The van der Waals surface area contributed by atoms with Crippen LogP contribution in [0.15, 0.2) is 24.3 Å². The summed E-state index contributed by atoms with van der Waals surface area (Å²) in [5.41, 5.74) is 8.19. The minimum atomic E-state index is 0.645. The van der Waals surface area contributed by atoms with Crippen LogP contribution in [0.1, 0.15) is 18.9 Å². The minimum Gasteiger partial charge on any atom is -0.493 e. The molecule has 0 spiro atoms. The summed E-state index contributed by atoms with van der Waals surface area (Å²) in [6.45, 7) is 6.35. The molecule has 4 heteroatoms. The number of methoxy groups -OCH3 is 1. The number of benzene rings is 1. The van der Waals surface area contributed by atoms with E-state index < -0.39 is 0 Å². The molecule has 110 valence electrons. The Morgan fingerprint density at radius 2 is 2.15 bits per heavy atom. The maximum atomic E-state index is 5.60. The summed E-state index contributed by atoms with van der Waals surface area (Å²) in [7, 11) is 1.68. The van der Waals surface area contributed by atoms with Crippen LogP contribution in [0.25, 0.3) is 5.57 Å². The number of ether oxygens (including phenoxy) is 2. The van der Waals surface area contributed by atoms with Crippen LogP contribution in [0, 0.1) is 0 Å². The standard InChI is InChI=1S/C16H24N2O2/c1-3-20-15-5-4-14(12-16(15)19-2)13-6-9-18(10-7-13)11-8-17/h4-6,12H,3,7-11,17H2,1-2H3. The molecule has 4 nitrogen and oxygen atoms in total. The summed E-state index contributed by atoms with van der Waals surface area (Å²) in [5, 5.41) is 0. The molecule has 0 bridgehead atoms. The van der Waals surface area contributed by atoms with Crippen LogP contribution in [-0.2, 0) is 0 Å². The van der Waals surface area contributed by atoms with Crippen molar-refractivity contribution in [2.24, 2.45) is 5.73 Å². The predicted molar refractivity (Wildman–Crippen MR) is 82.3 cm³/mol. The molecule has 0 saturated carbocycles. The average molecular weight is 276 g/mol. The summed E-state index contributed by atoms with van der Waals surface area (Å²) < 4.78 is 11.0. The van der Waals surface area contributed by atoms with Gasteiger partial charge in [0, 0.05) is 26.2 Å². The molecule has 0 radical (unpaired) electrons. The average Bonchev–Trinajstić information content (AvgIpc) is 2.49. The number of nitrogens with two attached hydrogens (primary N) is 1. The van der Waals surface area contributed by atoms with Crippen LogP contribution in [0.5, 0.6) is 11.5 Å². The molecule has 1 aromatic carbocycles. The van der Waals surface area contributed by atoms with E-state index >= 15 is 0 Å². The first kappa shape index (κ1) is 14.9. The van der Waals surface area contributed by atoms with Gasteiger partial charge in [0.15, 0.2) is 11.5 Å². The predicted octanol–water partition coefficient (Wildman–Crippen LogP) is 2.14. The Morgan fingerprint density at radius 3 is 2.75 bits per heavy atom. The lowest BCUT2D eigenvalue weighted by atomic mass is 9.99. The van der Waals surface area contributed by atoms with Crippen molar-refractivity contribution in [1.29, 1.82) is 0 Å². The normalized spacial score (nSPS) is 15.8. The van der Waals surface area contributed by atoms with Gasteiger partial charge < -0.3 is 15.2 Å².